The fraction of sp³-hybridized carbons (Fsp3) is 0.344. The second-order valence-corrected chi connectivity index (χ2v) is 10.1. The van der Waals surface area contributed by atoms with Gasteiger partial charge in [-0.2, -0.15) is 9.78 Å². The standard InChI is InChI=1S/C32H36N4O4/c1-6-40-30-17-22(4)27(19-26(30)21(2)3)31-34-28-10-8-7-9-25(28)32(37)36(31)33-20-23-11-12-24(18-29(23)38-5)35-13-15-39-16-14-35/h7-12,17-21H,6,13-16H2,1-5H3. The molecule has 0 radical (unpaired) electrons. The van der Waals surface area contributed by atoms with Crippen molar-refractivity contribution in [2.75, 3.05) is 44.9 Å². The van der Waals surface area contributed by atoms with E-state index in [1.807, 2.05) is 56.3 Å². The average Bonchev–Trinajstić information content (AvgIpc) is 2.97. The van der Waals surface area contributed by atoms with E-state index in [1.54, 1.807) is 19.4 Å². The van der Waals surface area contributed by atoms with Gasteiger partial charge in [-0.15, -0.1) is 0 Å². The average molecular weight is 541 g/mol. The second-order valence-electron chi connectivity index (χ2n) is 10.1. The van der Waals surface area contributed by atoms with Gasteiger partial charge in [-0.1, -0.05) is 26.0 Å². The molecule has 1 aliphatic heterocycles. The summed E-state index contributed by atoms with van der Waals surface area (Å²) in [6.07, 6.45) is 1.66. The monoisotopic (exact) mass is 540 g/mol. The molecule has 0 saturated carbocycles. The maximum absolute atomic E-state index is 13.8. The van der Waals surface area contributed by atoms with Gasteiger partial charge in [0.1, 0.15) is 11.5 Å². The molecule has 8 heteroatoms. The summed E-state index contributed by atoms with van der Waals surface area (Å²) in [4.78, 5) is 21.0. The molecule has 0 bridgehead atoms. The summed E-state index contributed by atoms with van der Waals surface area (Å²) >= 11 is 0. The molecule has 1 aromatic heterocycles. The highest BCUT2D eigenvalue weighted by atomic mass is 16.5. The van der Waals surface area contributed by atoms with Gasteiger partial charge in [0, 0.05) is 36.0 Å². The van der Waals surface area contributed by atoms with E-state index >= 15 is 0 Å². The number of aryl methyl sites for hydroxylation is 1. The van der Waals surface area contributed by atoms with Crippen LogP contribution in [0.2, 0.25) is 0 Å². The number of rotatable bonds is 8. The van der Waals surface area contributed by atoms with Crippen molar-refractivity contribution in [2.45, 2.75) is 33.6 Å². The highest BCUT2D eigenvalue weighted by Gasteiger charge is 2.19. The van der Waals surface area contributed by atoms with Crippen molar-refractivity contribution in [3.63, 3.8) is 0 Å². The van der Waals surface area contributed by atoms with E-state index in [0.717, 1.165) is 46.8 Å². The molecule has 40 heavy (non-hydrogen) atoms. The highest BCUT2D eigenvalue weighted by molar-refractivity contribution is 5.86. The zero-order valence-electron chi connectivity index (χ0n) is 23.8. The lowest BCUT2D eigenvalue weighted by atomic mass is 9.96. The molecule has 0 spiro atoms. The molecule has 208 valence electrons. The van der Waals surface area contributed by atoms with E-state index in [-0.39, 0.29) is 11.5 Å². The van der Waals surface area contributed by atoms with Crippen molar-refractivity contribution in [3.8, 4) is 22.9 Å². The van der Waals surface area contributed by atoms with Crippen molar-refractivity contribution in [1.29, 1.82) is 0 Å². The summed E-state index contributed by atoms with van der Waals surface area (Å²) < 4.78 is 18.5. The van der Waals surface area contributed by atoms with Crippen LogP contribution in [0.3, 0.4) is 0 Å². The Kier molecular flexibility index (Phi) is 8.16. The zero-order chi connectivity index (χ0) is 28.2. The van der Waals surface area contributed by atoms with Crippen LogP contribution in [0.5, 0.6) is 11.5 Å². The zero-order valence-corrected chi connectivity index (χ0v) is 23.8. The van der Waals surface area contributed by atoms with Gasteiger partial charge in [0.05, 0.1) is 44.0 Å². The lowest BCUT2D eigenvalue weighted by Crippen LogP contribution is -2.36. The Morgan fingerprint density at radius 3 is 2.58 bits per heavy atom. The number of benzene rings is 3. The third-order valence-corrected chi connectivity index (χ3v) is 7.18. The summed E-state index contributed by atoms with van der Waals surface area (Å²) in [5.41, 5.74) is 5.06. The minimum Gasteiger partial charge on any atom is -0.496 e. The van der Waals surface area contributed by atoms with Gasteiger partial charge >= 0.3 is 0 Å². The van der Waals surface area contributed by atoms with Crippen molar-refractivity contribution >= 4 is 22.8 Å². The fourth-order valence-corrected chi connectivity index (χ4v) is 5.02. The van der Waals surface area contributed by atoms with Crippen LogP contribution in [0.1, 0.15) is 43.4 Å². The molecule has 8 nitrogen and oxygen atoms in total. The normalized spacial score (nSPS) is 13.9. The van der Waals surface area contributed by atoms with E-state index in [4.69, 9.17) is 24.3 Å². The number of morpholine rings is 1. The molecule has 1 saturated heterocycles. The van der Waals surface area contributed by atoms with Crippen LogP contribution < -0.4 is 19.9 Å². The minimum absolute atomic E-state index is 0.222. The molecule has 1 fully saturated rings. The maximum Gasteiger partial charge on any atom is 0.282 e. The minimum atomic E-state index is -0.236. The van der Waals surface area contributed by atoms with Crippen LogP contribution in [0, 0.1) is 6.92 Å². The molecule has 0 atom stereocenters. The van der Waals surface area contributed by atoms with Crippen LogP contribution in [-0.4, -0.2) is 55.9 Å². The first-order valence-electron chi connectivity index (χ1n) is 13.8. The maximum atomic E-state index is 13.8. The predicted octanol–water partition coefficient (Wildman–Crippen LogP) is 5.62. The summed E-state index contributed by atoms with van der Waals surface area (Å²) in [5.74, 6) is 2.23. The van der Waals surface area contributed by atoms with E-state index in [1.165, 1.54) is 4.68 Å². The predicted molar refractivity (Wildman–Crippen MR) is 160 cm³/mol. The smallest absolute Gasteiger partial charge is 0.282 e. The highest BCUT2D eigenvalue weighted by Crippen LogP contribution is 2.34. The summed E-state index contributed by atoms with van der Waals surface area (Å²) in [6, 6.07) is 17.5. The first-order chi connectivity index (χ1) is 19.4. The number of para-hydroxylation sites is 1. The van der Waals surface area contributed by atoms with Gasteiger partial charge in [0.15, 0.2) is 5.82 Å². The van der Waals surface area contributed by atoms with E-state index in [2.05, 4.69) is 24.8 Å². The summed E-state index contributed by atoms with van der Waals surface area (Å²) in [5, 5.41) is 5.20. The first kappa shape index (κ1) is 27.4. The van der Waals surface area contributed by atoms with Crippen LogP contribution in [-0.2, 0) is 4.74 Å². The summed E-state index contributed by atoms with van der Waals surface area (Å²) in [7, 11) is 1.64. The number of hydrogen-bond donors (Lipinski definition) is 0. The number of nitrogens with zero attached hydrogens (tertiary/aromatic N) is 4. The molecule has 0 amide bonds. The van der Waals surface area contributed by atoms with Crippen molar-refractivity contribution in [1.82, 2.24) is 9.66 Å². The van der Waals surface area contributed by atoms with Crippen LogP contribution in [0.15, 0.2) is 64.5 Å². The number of anilines is 1. The number of fused-ring (bicyclic) bond motifs is 1. The SMILES string of the molecule is CCOc1cc(C)c(-c2nc3ccccc3c(=O)n2N=Cc2ccc(N3CCOCC3)cc2OC)cc1C(C)C. The Labute approximate surface area is 234 Å². The Morgan fingerprint density at radius 2 is 1.85 bits per heavy atom. The molecule has 1 aliphatic rings. The van der Waals surface area contributed by atoms with Crippen molar-refractivity contribution in [2.24, 2.45) is 5.10 Å². The van der Waals surface area contributed by atoms with Crippen LogP contribution in [0.4, 0.5) is 5.69 Å². The van der Waals surface area contributed by atoms with Crippen molar-refractivity contribution < 1.29 is 14.2 Å². The molecule has 3 aromatic carbocycles. The largest absolute Gasteiger partial charge is 0.496 e. The Balaban J connectivity index is 1.64. The third kappa shape index (κ3) is 5.45. The second kappa shape index (κ2) is 11.9. The van der Waals surface area contributed by atoms with Crippen LogP contribution in [0.25, 0.3) is 22.3 Å². The van der Waals surface area contributed by atoms with Gasteiger partial charge in [-0.25, -0.2) is 4.98 Å². The molecule has 0 N–H and O–H groups in total. The Hall–Kier alpha value is -4.17. The molecular formula is C32H36N4O4. The molecule has 0 unspecified atom stereocenters. The lowest BCUT2D eigenvalue weighted by Gasteiger charge is -2.29. The Morgan fingerprint density at radius 1 is 1.07 bits per heavy atom. The van der Waals surface area contributed by atoms with E-state index < -0.39 is 0 Å². The number of aromatic nitrogens is 2. The quantitative estimate of drug-likeness (QED) is 0.270. The summed E-state index contributed by atoms with van der Waals surface area (Å²) in [6.45, 7) is 11.9. The molecule has 4 aromatic rings. The lowest BCUT2D eigenvalue weighted by molar-refractivity contribution is 0.122. The van der Waals surface area contributed by atoms with Crippen LogP contribution >= 0.6 is 0 Å². The third-order valence-electron chi connectivity index (χ3n) is 7.18. The van der Waals surface area contributed by atoms with Gasteiger partial charge < -0.3 is 19.1 Å². The molecule has 0 aliphatic carbocycles. The first-order valence-corrected chi connectivity index (χ1v) is 13.8. The number of hydrogen-bond acceptors (Lipinski definition) is 7. The molecular weight excluding hydrogens is 504 g/mol. The molecule has 2 heterocycles. The Bertz CT molecular complexity index is 1600. The topological polar surface area (TPSA) is 78.2 Å². The van der Waals surface area contributed by atoms with Gasteiger partial charge in [-0.05, 0) is 67.3 Å². The van der Waals surface area contributed by atoms with Gasteiger partial charge in [0.2, 0.25) is 0 Å². The van der Waals surface area contributed by atoms with Gasteiger partial charge in [-0.3, -0.25) is 4.79 Å². The van der Waals surface area contributed by atoms with Crippen molar-refractivity contribution in [3.05, 3.63) is 81.6 Å². The molecule has 5 rings (SSSR count). The van der Waals surface area contributed by atoms with E-state index in [0.29, 0.717) is 42.3 Å². The van der Waals surface area contributed by atoms with E-state index in [9.17, 15) is 4.79 Å². The van der Waals surface area contributed by atoms with Gasteiger partial charge in [0.25, 0.3) is 5.56 Å². The fourth-order valence-electron chi connectivity index (χ4n) is 5.02. The number of ether oxygens (including phenoxy) is 3. The number of methoxy groups -OCH3 is 1.